The van der Waals surface area contributed by atoms with Crippen LogP contribution in [0.4, 0.5) is 0 Å². The maximum Gasteiger partial charge on any atom is 0.0877 e. The molecule has 0 aliphatic rings. The van der Waals surface area contributed by atoms with Crippen molar-refractivity contribution in [2.24, 2.45) is 0 Å². The van der Waals surface area contributed by atoms with Crippen LogP contribution in [0.5, 0.6) is 0 Å². The topological polar surface area (TPSA) is 40.5 Å². The zero-order valence-electron chi connectivity index (χ0n) is 14.2. The van der Waals surface area contributed by atoms with Gasteiger partial charge in [0.2, 0.25) is 0 Å². The molecule has 2 N–H and O–H groups in total. The van der Waals surface area contributed by atoms with Crippen molar-refractivity contribution in [1.82, 2.24) is 0 Å². The van der Waals surface area contributed by atoms with Crippen molar-refractivity contribution in [3.8, 4) is 0 Å². The van der Waals surface area contributed by atoms with Gasteiger partial charge in [0.1, 0.15) is 0 Å². The van der Waals surface area contributed by atoms with E-state index < -0.39 is 11.7 Å². The van der Waals surface area contributed by atoms with Gasteiger partial charge >= 0.3 is 0 Å². The summed E-state index contributed by atoms with van der Waals surface area (Å²) >= 11 is 0. The summed E-state index contributed by atoms with van der Waals surface area (Å²) in [6.45, 7) is 6.22. The first kappa shape index (κ1) is 19.9. The smallest absolute Gasteiger partial charge is 0.0877 e. The van der Waals surface area contributed by atoms with Crippen LogP contribution in [0, 0.1) is 0 Å². The minimum atomic E-state index is -0.893. The lowest BCUT2D eigenvalue weighted by atomic mass is 9.89. The Hall–Kier alpha value is -0.0800. The summed E-state index contributed by atoms with van der Waals surface area (Å²) in [5.74, 6) is 0. The zero-order chi connectivity index (χ0) is 15.3. The lowest BCUT2D eigenvalue weighted by molar-refractivity contribution is -0.0721. The molecule has 2 unspecified atom stereocenters. The predicted molar refractivity (Wildman–Crippen MR) is 88.0 cm³/mol. The molecule has 0 aromatic rings. The fraction of sp³-hybridized carbons (Fsp3) is 1.00. The van der Waals surface area contributed by atoms with Gasteiger partial charge in [-0.1, -0.05) is 84.5 Å². The van der Waals surface area contributed by atoms with Crippen LogP contribution >= 0.6 is 0 Å². The molecule has 0 radical (unpaired) electrons. The van der Waals surface area contributed by atoms with Crippen molar-refractivity contribution in [2.45, 2.75) is 116 Å². The third-order valence-electron chi connectivity index (χ3n) is 4.34. The lowest BCUT2D eigenvalue weighted by Crippen LogP contribution is -2.39. The number of unbranched alkanes of at least 4 members (excludes halogenated alkanes) is 9. The van der Waals surface area contributed by atoms with Crippen LogP contribution in [0.25, 0.3) is 0 Å². The monoisotopic (exact) mass is 286 g/mol. The molecular formula is C18H38O2. The van der Waals surface area contributed by atoms with E-state index in [1.54, 1.807) is 6.92 Å². The van der Waals surface area contributed by atoms with E-state index in [4.69, 9.17) is 0 Å². The molecule has 0 bridgehead atoms. The average molecular weight is 287 g/mol. The molecule has 0 aromatic carbocycles. The van der Waals surface area contributed by atoms with Gasteiger partial charge in [0.05, 0.1) is 11.7 Å². The largest absolute Gasteiger partial charge is 0.390 e. The highest BCUT2D eigenvalue weighted by molar-refractivity contribution is 4.81. The third kappa shape index (κ3) is 10.7. The van der Waals surface area contributed by atoms with E-state index in [0.29, 0.717) is 0 Å². The second-order valence-electron chi connectivity index (χ2n) is 6.59. The van der Waals surface area contributed by atoms with Crippen LogP contribution in [0.2, 0.25) is 0 Å². The molecule has 2 atom stereocenters. The van der Waals surface area contributed by atoms with E-state index in [1.165, 1.54) is 51.4 Å². The first-order chi connectivity index (χ1) is 9.54. The van der Waals surface area contributed by atoms with Gasteiger partial charge in [-0.05, 0) is 19.8 Å². The van der Waals surface area contributed by atoms with Gasteiger partial charge in [0.25, 0.3) is 0 Å². The van der Waals surface area contributed by atoms with Crippen LogP contribution in [0.3, 0.4) is 0 Å². The van der Waals surface area contributed by atoms with Gasteiger partial charge in [0.15, 0.2) is 0 Å². The van der Waals surface area contributed by atoms with Gasteiger partial charge < -0.3 is 10.2 Å². The molecule has 20 heavy (non-hydrogen) atoms. The number of rotatable bonds is 14. The number of hydrogen-bond donors (Lipinski definition) is 2. The van der Waals surface area contributed by atoms with Crippen molar-refractivity contribution in [2.75, 3.05) is 0 Å². The highest BCUT2D eigenvalue weighted by Gasteiger charge is 2.28. The summed E-state index contributed by atoms with van der Waals surface area (Å²) in [5.41, 5.74) is -0.893. The standard InChI is InChI=1S/C18H38O2/c1-4-6-8-10-11-12-13-15-17(19)18(3,20)16-14-9-7-5-2/h17,19-20H,4-16H2,1-3H3. The first-order valence-corrected chi connectivity index (χ1v) is 8.95. The number of aliphatic hydroxyl groups is 2. The molecular weight excluding hydrogens is 248 g/mol. The van der Waals surface area contributed by atoms with Gasteiger partial charge in [-0.3, -0.25) is 0 Å². The molecule has 122 valence electrons. The summed E-state index contributed by atoms with van der Waals surface area (Å²) in [6, 6.07) is 0. The maximum absolute atomic E-state index is 10.3. The Labute approximate surface area is 127 Å². The van der Waals surface area contributed by atoms with E-state index in [2.05, 4.69) is 13.8 Å². The van der Waals surface area contributed by atoms with Crippen LogP contribution < -0.4 is 0 Å². The second-order valence-corrected chi connectivity index (χ2v) is 6.59. The summed E-state index contributed by atoms with van der Waals surface area (Å²) < 4.78 is 0. The molecule has 0 saturated heterocycles. The average Bonchev–Trinajstić information content (AvgIpc) is 2.42. The zero-order valence-corrected chi connectivity index (χ0v) is 14.2. The molecule has 0 amide bonds. The maximum atomic E-state index is 10.3. The molecule has 0 aliphatic heterocycles. The van der Waals surface area contributed by atoms with E-state index in [0.717, 1.165) is 32.1 Å². The minimum absolute atomic E-state index is 0.556. The Bertz CT molecular complexity index is 202. The summed E-state index contributed by atoms with van der Waals surface area (Å²) in [5, 5.41) is 20.4. The summed E-state index contributed by atoms with van der Waals surface area (Å²) in [4.78, 5) is 0. The predicted octanol–water partition coefficient (Wildman–Crippen LogP) is 5.21. The lowest BCUT2D eigenvalue weighted by Gasteiger charge is -2.29. The molecule has 0 saturated carbocycles. The molecule has 0 fully saturated rings. The van der Waals surface area contributed by atoms with Gasteiger partial charge in [-0.2, -0.15) is 0 Å². The van der Waals surface area contributed by atoms with Crippen LogP contribution in [-0.4, -0.2) is 21.9 Å². The molecule has 2 nitrogen and oxygen atoms in total. The van der Waals surface area contributed by atoms with Gasteiger partial charge in [0, 0.05) is 0 Å². The van der Waals surface area contributed by atoms with Crippen molar-refractivity contribution < 1.29 is 10.2 Å². The highest BCUT2D eigenvalue weighted by atomic mass is 16.3. The van der Waals surface area contributed by atoms with E-state index in [1.807, 2.05) is 0 Å². The third-order valence-corrected chi connectivity index (χ3v) is 4.34. The van der Waals surface area contributed by atoms with E-state index in [9.17, 15) is 10.2 Å². The van der Waals surface area contributed by atoms with Crippen molar-refractivity contribution >= 4 is 0 Å². The number of hydrogen-bond acceptors (Lipinski definition) is 2. The summed E-state index contributed by atoms with van der Waals surface area (Å²) in [6.07, 6.45) is 14.3. The van der Waals surface area contributed by atoms with Crippen molar-refractivity contribution in [1.29, 1.82) is 0 Å². The molecule has 0 spiro atoms. The molecule has 0 heterocycles. The molecule has 0 aromatic heterocycles. The van der Waals surface area contributed by atoms with E-state index in [-0.39, 0.29) is 0 Å². The quantitative estimate of drug-likeness (QED) is 0.430. The Morgan fingerprint density at radius 2 is 1.20 bits per heavy atom. The second kappa shape index (κ2) is 12.6. The van der Waals surface area contributed by atoms with Crippen LogP contribution in [0.15, 0.2) is 0 Å². The highest BCUT2D eigenvalue weighted by Crippen LogP contribution is 2.23. The van der Waals surface area contributed by atoms with E-state index >= 15 is 0 Å². The minimum Gasteiger partial charge on any atom is -0.390 e. The first-order valence-electron chi connectivity index (χ1n) is 8.95. The van der Waals surface area contributed by atoms with Crippen molar-refractivity contribution in [3.05, 3.63) is 0 Å². The fourth-order valence-corrected chi connectivity index (χ4v) is 2.68. The van der Waals surface area contributed by atoms with Crippen LogP contribution in [-0.2, 0) is 0 Å². The Balaban J connectivity index is 3.59. The SMILES string of the molecule is CCCCCCCCCC(O)C(C)(O)CCCCCC. The fourth-order valence-electron chi connectivity index (χ4n) is 2.68. The Kier molecular flexibility index (Phi) is 12.6. The molecule has 0 rings (SSSR count). The van der Waals surface area contributed by atoms with Gasteiger partial charge in [-0.15, -0.1) is 0 Å². The Morgan fingerprint density at radius 1 is 0.750 bits per heavy atom. The normalized spacial score (nSPS) is 16.1. The van der Waals surface area contributed by atoms with Crippen molar-refractivity contribution in [3.63, 3.8) is 0 Å². The molecule has 2 heteroatoms. The summed E-state index contributed by atoms with van der Waals surface area (Å²) in [7, 11) is 0. The van der Waals surface area contributed by atoms with Crippen LogP contribution in [0.1, 0.15) is 104 Å². The number of aliphatic hydroxyl groups excluding tert-OH is 1. The van der Waals surface area contributed by atoms with Gasteiger partial charge in [-0.25, -0.2) is 0 Å². The molecule has 0 aliphatic carbocycles. The Morgan fingerprint density at radius 3 is 1.75 bits per heavy atom.